The van der Waals surface area contributed by atoms with E-state index < -0.39 is 0 Å². The van der Waals surface area contributed by atoms with Crippen LogP contribution in [-0.2, 0) is 4.79 Å². The molecule has 2 aliphatic rings. The SMILES string of the molecule is CC1CN(C(=O)C2CCCC(N)C2C)CC1C. The molecule has 1 saturated carbocycles. The third-order valence-electron chi connectivity index (χ3n) is 4.98. The largest absolute Gasteiger partial charge is 0.342 e. The van der Waals surface area contributed by atoms with E-state index in [1.807, 2.05) is 0 Å². The lowest BCUT2D eigenvalue weighted by Crippen LogP contribution is -2.45. The number of carbonyl (C=O) groups excluding carboxylic acids is 1. The van der Waals surface area contributed by atoms with E-state index in [1.165, 1.54) is 0 Å². The van der Waals surface area contributed by atoms with Crippen LogP contribution < -0.4 is 5.73 Å². The van der Waals surface area contributed by atoms with Gasteiger partial charge in [-0.15, -0.1) is 0 Å². The molecule has 0 spiro atoms. The van der Waals surface area contributed by atoms with Gasteiger partial charge in [0.25, 0.3) is 0 Å². The summed E-state index contributed by atoms with van der Waals surface area (Å²) in [5.41, 5.74) is 6.09. The lowest BCUT2D eigenvalue weighted by atomic mass is 9.76. The van der Waals surface area contributed by atoms with Crippen LogP contribution in [0.5, 0.6) is 0 Å². The normalized spacial score (nSPS) is 42.8. The van der Waals surface area contributed by atoms with Crippen LogP contribution in [0.3, 0.4) is 0 Å². The van der Waals surface area contributed by atoms with Crippen molar-refractivity contribution in [2.24, 2.45) is 29.4 Å². The molecule has 2 fully saturated rings. The second-order valence-electron chi connectivity index (χ2n) is 6.26. The molecular formula is C14H26N2O. The highest BCUT2D eigenvalue weighted by Gasteiger charge is 2.38. The second-order valence-corrected chi connectivity index (χ2v) is 6.26. The molecule has 1 saturated heterocycles. The molecule has 0 aromatic heterocycles. The number of amides is 1. The van der Waals surface area contributed by atoms with Crippen molar-refractivity contribution in [2.75, 3.05) is 13.1 Å². The first kappa shape index (κ1) is 12.9. The van der Waals surface area contributed by atoms with Crippen molar-refractivity contribution >= 4 is 5.91 Å². The molecule has 2 rings (SSSR count). The summed E-state index contributed by atoms with van der Waals surface area (Å²) in [4.78, 5) is 14.6. The molecule has 0 aromatic rings. The minimum absolute atomic E-state index is 0.177. The highest BCUT2D eigenvalue weighted by atomic mass is 16.2. The van der Waals surface area contributed by atoms with E-state index in [2.05, 4.69) is 25.7 Å². The number of nitrogens with zero attached hydrogens (tertiary/aromatic N) is 1. The number of carbonyl (C=O) groups is 1. The fraction of sp³-hybridized carbons (Fsp3) is 0.929. The molecule has 0 bridgehead atoms. The topological polar surface area (TPSA) is 46.3 Å². The zero-order valence-electron chi connectivity index (χ0n) is 11.4. The summed E-state index contributed by atoms with van der Waals surface area (Å²) in [6.07, 6.45) is 3.23. The fourth-order valence-corrected chi connectivity index (χ4v) is 3.29. The van der Waals surface area contributed by atoms with Gasteiger partial charge < -0.3 is 10.6 Å². The standard InChI is InChI=1S/C14H26N2O/c1-9-7-16(8-10(9)2)14(17)12-5-4-6-13(15)11(12)3/h9-13H,4-8,15H2,1-3H3. The van der Waals surface area contributed by atoms with Crippen molar-refractivity contribution < 1.29 is 4.79 Å². The van der Waals surface area contributed by atoms with Gasteiger partial charge in [-0.2, -0.15) is 0 Å². The summed E-state index contributed by atoms with van der Waals surface area (Å²) in [6.45, 7) is 8.52. The molecular weight excluding hydrogens is 212 g/mol. The number of hydrogen-bond donors (Lipinski definition) is 1. The van der Waals surface area contributed by atoms with Gasteiger partial charge in [-0.25, -0.2) is 0 Å². The molecule has 2 N–H and O–H groups in total. The Morgan fingerprint density at radius 1 is 1.12 bits per heavy atom. The molecule has 3 heteroatoms. The molecule has 1 aliphatic heterocycles. The summed E-state index contributed by atoms with van der Waals surface area (Å²) in [6, 6.07) is 0.218. The summed E-state index contributed by atoms with van der Waals surface area (Å²) in [5, 5.41) is 0. The Morgan fingerprint density at radius 2 is 1.71 bits per heavy atom. The van der Waals surface area contributed by atoms with Gasteiger partial charge in [-0.3, -0.25) is 4.79 Å². The first-order chi connectivity index (χ1) is 8.00. The smallest absolute Gasteiger partial charge is 0.226 e. The number of nitrogens with two attached hydrogens (primary N) is 1. The Kier molecular flexibility index (Phi) is 3.76. The van der Waals surface area contributed by atoms with Crippen molar-refractivity contribution in [3.05, 3.63) is 0 Å². The van der Waals surface area contributed by atoms with Gasteiger partial charge in [0.1, 0.15) is 0 Å². The Balaban J connectivity index is 2.00. The van der Waals surface area contributed by atoms with Gasteiger partial charge >= 0.3 is 0 Å². The van der Waals surface area contributed by atoms with Crippen LogP contribution in [-0.4, -0.2) is 29.9 Å². The van der Waals surface area contributed by atoms with Crippen LogP contribution >= 0.6 is 0 Å². The minimum atomic E-state index is 0.177. The summed E-state index contributed by atoms with van der Waals surface area (Å²) in [7, 11) is 0. The molecule has 17 heavy (non-hydrogen) atoms. The van der Waals surface area contributed by atoms with Gasteiger partial charge in [-0.1, -0.05) is 27.2 Å². The Labute approximate surface area is 105 Å². The lowest BCUT2D eigenvalue weighted by Gasteiger charge is -2.35. The molecule has 98 valence electrons. The quantitative estimate of drug-likeness (QED) is 0.758. The number of likely N-dealkylation sites (tertiary alicyclic amines) is 1. The zero-order valence-corrected chi connectivity index (χ0v) is 11.4. The molecule has 5 atom stereocenters. The average Bonchev–Trinajstić information content (AvgIpc) is 2.62. The second kappa shape index (κ2) is 4.97. The van der Waals surface area contributed by atoms with E-state index in [0.29, 0.717) is 23.7 Å². The van der Waals surface area contributed by atoms with E-state index in [-0.39, 0.29) is 12.0 Å². The zero-order chi connectivity index (χ0) is 12.6. The van der Waals surface area contributed by atoms with Crippen molar-refractivity contribution in [3.63, 3.8) is 0 Å². The molecule has 0 aromatic carbocycles. The number of rotatable bonds is 1. The van der Waals surface area contributed by atoms with Crippen molar-refractivity contribution in [2.45, 2.75) is 46.1 Å². The lowest BCUT2D eigenvalue weighted by molar-refractivity contribution is -0.137. The van der Waals surface area contributed by atoms with Crippen LogP contribution in [0, 0.1) is 23.7 Å². The maximum Gasteiger partial charge on any atom is 0.226 e. The summed E-state index contributed by atoms with van der Waals surface area (Å²) < 4.78 is 0. The van der Waals surface area contributed by atoms with Gasteiger partial charge in [-0.05, 0) is 30.6 Å². The van der Waals surface area contributed by atoms with E-state index >= 15 is 0 Å². The van der Waals surface area contributed by atoms with E-state index in [0.717, 1.165) is 32.4 Å². The molecule has 1 amide bonds. The van der Waals surface area contributed by atoms with Gasteiger partial charge in [0, 0.05) is 25.0 Å². The van der Waals surface area contributed by atoms with Crippen LogP contribution in [0.15, 0.2) is 0 Å². The van der Waals surface area contributed by atoms with E-state index in [1.54, 1.807) is 0 Å². The van der Waals surface area contributed by atoms with Gasteiger partial charge in [0.2, 0.25) is 5.91 Å². The van der Waals surface area contributed by atoms with Gasteiger partial charge in [0.15, 0.2) is 0 Å². The van der Waals surface area contributed by atoms with Crippen LogP contribution in [0.25, 0.3) is 0 Å². The van der Waals surface area contributed by atoms with Crippen LogP contribution in [0.4, 0.5) is 0 Å². The molecule has 1 heterocycles. The van der Waals surface area contributed by atoms with Crippen molar-refractivity contribution in [1.29, 1.82) is 0 Å². The maximum atomic E-state index is 12.5. The highest BCUT2D eigenvalue weighted by molar-refractivity contribution is 5.79. The number of hydrogen-bond acceptors (Lipinski definition) is 2. The molecule has 3 nitrogen and oxygen atoms in total. The first-order valence-electron chi connectivity index (χ1n) is 7.05. The summed E-state index contributed by atoms with van der Waals surface area (Å²) >= 11 is 0. The minimum Gasteiger partial charge on any atom is -0.342 e. The third kappa shape index (κ3) is 2.49. The van der Waals surface area contributed by atoms with E-state index in [9.17, 15) is 4.79 Å². The summed E-state index contributed by atoms with van der Waals surface area (Å²) in [5.74, 6) is 2.18. The molecule has 5 unspecified atom stereocenters. The van der Waals surface area contributed by atoms with E-state index in [4.69, 9.17) is 5.73 Å². The predicted octanol–water partition coefficient (Wildman–Crippen LogP) is 1.86. The molecule has 0 radical (unpaired) electrons. The average molecular weight is 238 g/mol. The maximum absolute atomic E-state index is 12.5. The Bertz CT molecular complexity index is 282. The monoisotopic (exact) mass is 238 g/mol. The predicted molar refractivity (Wildman–Crippen MR) is 69.4 cm³/mol. The van der Waals surface area contributed by atoms with Gasteiger partial charge in [0.05, 0.1) is 0 Å². The van der Waals surface area contributed by atoms with Crippen LogP contribution in [0.1, 0.15) is 40.0 Å². The van der Waals surface area contributed by atoms with Crippen LogP contribution in [0.2, 0.25) is 0 Å². The third-order valence-corrected chi connectivity index (χ3v) is 4.98. The molecule has 1 aliphatic carbocycles. The van der Waals surface area contributed by atoms with Crippen molar-refractivity contribution in [1.82, 2.24) is 4.90 Å². The Morgan fingerprint density at radius 3 is 2.29 bits per heavy atom. The highest BCUT2D eigenvalue weighted by Crippen LogP contribution is 2.32. The fourth-order valence-electron chi connectivity index (χ4n) is 3.29. The Hall–Kier alpha value is -0.570. The first-order valence-corrected chi connectivity index (χ1v) is 7.05. The van der Waals surface area contributed by atoms with Crippen molar-refractivity contribution in [3.8, 4) is 0 Å².